The Morgan fingerprint density at radius 2 is 2.08 bits per heavy atom. The van der Waals surface area contributed by atoms with Crippen molar-refractivity contribution in [2.45, 2.75) is 26.0 Å². The van der Waals surface area contributed by atoms with Gasteiger partial charge in [0, 0.05) is 13.5 Å². The first-order valence-corrected chi connectivity index (χ1v) is 4.18. The Balaban J connectivity index is 2.91. The molecule has 1 atom stereocenters. The van der Waals surface area contributed by atoms with Gasteiger partial charge in [0.25, 0.3) is 5.88 Å². The lowest BCUT2D eigenvalue weighted by Crippen LogP contribution is -2.41. The molecule has 1 aliphatic rings. The molecule has 5 heteroatoms. The minimum atomic E-state index is -1.18. The SMILES string of the molecule is CCCC1=NC(O)=C(O)C(O)N1C. The lowest BCUT2D eigenvalue weighted by molar-refractivity contribution is 0.0472. The van der Waals surface area contributed by atoms with Crippen LogP contribution in [0.3, 0.4) is 0 Å². The average Bonchev–Trinajstić information content (AvgIpc) is 2.11. The van der Waals surface area contributed by atoms with Crippen LogP contribution in [0, 0.1) is 0 Å². The van der Waals surface area contributed by atoms with E-state index < -0.39 is 17.9 Å². The van der Waals surface area contributed by atoms with Gasteiger partial charge in [-0.3, -0.25) is 0 Å². The monoisotopic (exact) mass is 186 g/mol. The molecular formula is C8H14N2O3. The molecule has 0 radical (unpaired) electrons. The zero-order chi connectivity index (χ0) is 10.0. The molecule has 1 unspecified atom stereocenters. The number of likely N-dealkylation sites (N-methyl/N-ethyl adjacent to an activating group) is 1. The average molecular weight is 186 g/mol. The Morgan fingerprint density at radius 3 is 2.62 bits per heavy atom. The first-order chi connectivity index (χ1) is 6.07. The van der Waals surface area contributed by atoms with Crippen molar-refractivity contribution < 1.29 is 15.3 Å². The molecule has 0 aromatic carbocycles. The minimum Gasteiger partial charge on any atom is -0.504 e. The predicted molar refractivity (Wildman–Crippen MR) is 48.4 cm³/mol. The van der Waals surface area contributed by atoms with E-state index in [1.807, 2.05) is 6.92 Å². The molecule has 0 saturated heterocycles. The molecule has 0 bridgehead atoms. The summed E-state index contributed by atoms with van der Waals surface area (Å²) in [7, 11) is 1.61. The van der Waals surface area contributed by atoms with E-state index in [4.69, 9.17) is 10.2 Å². The number of rotatable bonds is 2. The maximum Gasteiger partial charge on any atom is 0.256 e. The van der Waals surface area contributed by atoms with Gasteiger partial charge in [-0.1, -0.05) is 6.92 Å². The van der Waals surface area contributed by atoms with E-state index in [1.54, 1.807) is 7.05 Å². The first kappa shape index (κ1) is 9.85. The van der Waals surface area contributed by atoms with Gasteiger partial charge in [-0.15, -0.1) is 0 Å². The van der Waals surface area contributed by atoms with Crippen LogP contribution in [-0.4, -0.2) is 39.3 Å². The fourth-order valence-corrected chi connectivity index (χ4v) is 1.15. The summed E-state index contributed by atoms with van der Waals surface area (Å²) in [6.45, 7) is 1.97. The summed E-state index contributed by atoms with van der Waals surface area (Å²) in [4.78, 5) is 5.18. The topological polar surface area (TPSA) is 76.3 Å². The zero-order valence-corrected chi connectivity index (χ0v) is 7.73. The number of hydrogen-bond donors (Lipinski definition) is 3. The van der Waals surface area contributed by atoms with Gasteiger partial charge in [-0.05, 0) is 6.42 Å². The summed E-state index contributed by atoms with van der Waals surface area (Å²) >= 11 is 0. The van der Waals surface area contributed by atoms with Crippen molar-refractivity contribution in [2.75, 3.05) is 7.05 Å². The van der Waals surface area contributed by atoms with Gasteiger partial charge in [0.05, 0.1) is 0 Å². The number of amidine groups is 1. The van der Waals surface area contributed by atoms with Crippen LogP contribution in [0.15, 0.2) is 16.6 Å². The van der Waals surface area contributed by atoms with Crippen molar-refractivity contribution in [3.8, 4) is 0 Å². The molecule has 1 heterocycles. The largest absolute Gasteiger partial charge is 0.504 e. The van der Waals surface area contributed by atoms with Gasteiger partial charge >= 0.3 is 0 Å². The van der Waals surface area contributed by atoms with E-state index in [1.165, 1.54) is 4.90 Å². The maximum atomic E-state index is 9.39. The minimum absolute atomic E-state index is 0.492. The van der Waals surface area contributed by atoms with E-state index in [-0.39, 0.29) is 0 Å². The third-order valence-corrected chi connectivity index (χ3v) is 1.96. The normalized spacial score (nSPS) is 23.5. The molecule has 74 valence electrons. The number of aliphatic hydroxyl groups is 3. The Kier molecular flexibility index (Phi) is 2.77. The molecule has 1 rings (SSSR count). The second-order valence-corrected chi connectivity index (χ2v) is 2.97. The van der Waals surface area contributed by atoms with E-state index in [2.05, 4.69) is 4.99 Å². The highest BCUT2D eigenvalue weighted by Crippen LogP contribution is 2.17. The lowest BCUT2D eigenvalue weighted by Gasteiger charge is -2.29. The second-order valence-electron chi connectivity index (χ2n) is 2.97. The van der Waals surface area contributed by atoms with Gasteiger partial charge < -0.3 is 20.2 Å². The molecule has 13 heavy (non-hydrogen) atoms. The van der Waals surface area contributed by atoms with Crippen LogP contribution in [0.2, 0.25) is 0 Å². The summed E-state index contributed by atoms with van der Waals surface area (Å²) in [6, 6.07) is 0. The van der Waals surface area contributed by atoms with Crippen LogP contribution in [0.25, 0.3) is 0 Å². The standard InChI is InChI=1S/C8H14N2O3/c1-3-4-5-9-7(12)6(11)8(13)10(5)2/h8,11-13H,3-4H2,1-2H3. The van der Waals surface area contributed by atoms with Crippen molar-refractivity contribution in [3.05, 3.63) is 11.6 Å². The van der Waals surface area contributed by atoms with Gasteiger partial charge in [0.15, 0.2) is 6.23 Å². The summed E-state index contributed by atoms with van der Waals surface area (Å²) in [5, 5.41) is 27.6. The Bertz CT molecular complexity index is 260. The summed E-state index contributed by atoms with van der Waals surface area (Å²) < 4.78 is 0. The summed E-state index contributed by atoms with van der Waals surface area (Å²) in [5.74, 6) is -0.415. The Morgan fingerprint density at radius 1 is 1.46 bits per heavy atom. The first-order valence-electron chi connectivity index (χ1n) is 4.18. The fourth-order valence-electron chi connectivity index (χ4n) is 1.15. The van der Waals surface area contributed by atoms with Crippen LogP contribution in [0.1, 0.15) is 19.8 Å². The van der Waals surface area contributed by atoms with Crippen LogP contribution >= 0.6 is 0 Å². The van der Waals surface area contributed by atoms with Gasteiger partial charge in [0.2, 0.25) is 5.76 Å². The molecule has 0 aromatic rings. The van der Waals surface area contributed by atoms with Crippen LogP contribution in [0.5, 0.6) is 0 Å². The van der Waals surface area contributed by atoms with Crippen molar-refractivity contribution in [1.82, 2.24) is 4.90 Å². The van der Waals surface area contributed by atoms with Crippen LogP contribution < -0.4 is 0 Å². The lowest BCUT2D eigenvalue weighted by atomic mass is 10.2. The van der Waals surface area contributed by atoms with Crippen LogP contribution in [-0.2, 0) is 0 Å². The third kappa shape index (κ3) is 1.75. The highest BCUT2D eigenvalue weighted by Gasteiger charge is 2.26. The smallest absolute Gasteiger partial charge is 0.256 e. The second kappa shape index (κ2) is 3.66. The number of hydrogen-bond acceptors (Lipinski definition) is 5. The van der Waals surface area contributed by atoms with Crippen molar-refractivity contribution in [2.24, 2.45) is 4.99 Å². The van der Waals surface area contributed by atoms with Crippen molar-refractivity contribution in [3.63, 3.8) is 0 Å². The van der Waals surface area contributed by atoms with Gasteiger partial charge in [0.1, 0.15) is 5.84 Å². The van der Waals surface area contributed by atoms with Crippen LogP contribution in [0.4, 0.5) is 0 Å². The van der Waals surface area contributed by atoms with E-state index in [0.717, 1.165) is 6.42 Å². The summed E-state index contributed by atoms with van der Waals surface area (Å²) in [5.41, 5.74) is 0. The van der Waals surface area contributed by atoms with Crippen molar-refractivity contribution in [1.29, 1.82) is 0 Å². The molecular weight excluding hydrogens is 172 g/mol. The zero-order valence-electron chi connectivity index (χ0n) is 7.73. The molecule has 0 spiro atoms. The van der Waals surface area contributed by atoms with Gasteiger partial charge in [-0.25, -0.2) is 0 Å². The van der Waals surface area contributed by atoms with E-state index in [9.17, 15) is 5.11 Å². The molecule has 5 nitrogen and oxygen atoms in total. The van der Waals surface area contributed by atoms with Gasteiger partial charge in [-0.2, -0.15) is 4.99 Å². The predicted octanol–water partition coefficient (Wildman–Crippen LogP) is 0.734. The molecule has 0 saturated carbocycles. The molecule has 0 aliphatic carbocycles. The highest BCUT2D eigenvalue weighted by molar-refractivity contribution is 5.84. The molecule has 3 N–H and O–H groups in total. The maximum absolute atomic E-state index is 9.39. The molecule has 1 aliphatic heterocycles. The summed E-state index contributed by atoms with van der Waals surface area (Å²) in [6.07, 6.45) is 0.341. The molecule has 0 amide bonds. The number of aliphatic hydroxyl groups excluding tert-OH is 3. The Labute approximate surface area is 76.6 Å². The number of nitrogens with zero attached hydrogens (tertiary/aromatic N) is 2. The molecule has 0 fully saturated rings. The highest BCUT2D eigenvalue weighted by atomic mass is 16.4. The molecule has 0 aromatic heterocycles. The Hall–Kier alpha value is -1.23. The third-order valence-electron chi connectivity index (χ3n) is 1.96. The van der Waals surface area contributed by atoms with E-state index in [0.29, 0.717) is 12.3 Å². The van der Waals surface area contributed by atoms with E-state index >= 15 is 0 Å². The number of aliphatic imine (C=N–C) groups is 1. The van der Waals surface area contributed by atoms with Crippen molar-refractivity contribution >= 4 is 5.84 Å². The fraction of sp³-hybridized carbons (Fsp3) is 0.625. The quantitative estimate of drug-likeness (QED) is 0.594.